The first-order valence-corrected chi connectivity index (χ1v) is 7.65. The Hall–Kier alpha value is -2.47. The topological polar surface area (TPSA) is 38.8 Å². The molecule has 3 rings (SSSR count). The van der Waals surface area contributed by atoms with Crippen molar-refractivity contribution < 1.29 is 23.0 Å². The zero-order valence-electron chi connectivity index (χ0n) is 13.0. The number of nitrogens with zero attached hydrogens (tertiary/aromatic N) is 1. The van der Waals surface area contributed by atoms with E-state index in [2.05, 4.69) is 0 Å². The summed E-state index contributed by atoms with van der Waals surface area (Å²) in [5.41, 5.74) is 0.827. The van der Waals surface area contributed by atoms with E-state index >= 15 is 0 Å². The van der Waals surface area contributed by atoms with Gasteiger partial charge in [-0.25, -0.2) is 8.78 Å². The molecular weight excluding hydrogens is 316 g/mol. The normalized spacial score (nSPS) is 17.6. The molecule has 1 atom stereocenters. The fourth-order valence-electron chi connectivity index (χ4n) is 2.52. The second-order valence-electron chi connectivity index (χ2n) is 5.49. The van der Waals surface area contributed by atoms with Crippen LogP contribution in [0.15, 0.2) is 48.5 Å². The van der Waals surface area contributed by atoms with Gasteiger partial charge < -0.3 is 14.4 Å². The highest BCUT2D eigenvalue weighted by Gasteiger charge is 2.25. The number of carbonyl (C=O) groups excluding carboxylic acids is 1. The maximum absolute atomic E-state index is 13.0. The first kappa shape index (κ1) is 16.4. The van der Waals surface area contributed by atoms with E-state index in [1.54, 1.807) is 17.0 Å². The van der Waals surface area contributed by atoms with Crippen LogP contribution in [0, 0.1) is 11.6 Å². The molecule has 0 saturated carbocycles. The van der Waals surface area contributed by atoms with Gasteiger partial charge in [-0.1, -0.05) is 12.1 Å². The summed E-state index contributed by atoms with van der Waals surface area (Å²) in [5, 5.41) is 0. The molecule has 1 unspecified atom stereocenters. The van der Waals surface area contributed by atoms with Gasteiger partial charge in [0.05, 0.1) is 13.2 Å². The molecule has 2 aromatic carbocycles. The van der Waals surface area contributed by atoms with Crippen molar-refractivity contribution in [2.24, 2.45) is 0 Å². The summed E-state index contributed by atoms with van der Waals surface area (Å²) >= 11 is 0. The Labute approximate surface area is 138 Å². The summed E-state index contributed by atoms with van der Waals surface area (Å²) in [6.07, 6.45) is -0.283. The quantitative estimate of drug-likeness (QED) is 0.863. The van der Waals surface area contributed by atoms with Crippen molar-refractivity contribution in [3.8, 4) is 5.75 Å². The molecule has 24 heavy (non-hydrogen) atoms. The highest BCUT2D eigenvalue weighted by Crippen LogP contribution is 2.22. The minimum atomic E-state index is -0.357. The highest BCUT2D eigenvalue weighted by molar-refractivity contribution is 5.78. The van der Waals surface area contributed by atoms with Crippen LogP contribution in [-0.4, -0.2) is 37.1 Å². The number of halogens is 2. The molecule has 4 nitrogen and oxygen atoms in total. The molecule has 0 aliphatic carbocycles. The Morgan fingerprint density at radius 1 is 1.08 bits per heavy atom. The number of ether oxygens (including phenoxy) is 2. The molecule has 1 heterocycles. The third-order valence-corrected chi connectivity index (χ3v) is 3.84. The van der Waals surface area contributed by atoms with E-state index in [-0.39, 0.29) is 30.3 Å². The first-order chi connectivity index (χ1) is 11.6. The van der Waals surface area contributed by atoms with Gasteiger partial charge in [0.1, 0.15) is 23.5 Å². The standard InChI is InChI=1S/C18H17F2NO3/c19-14-3-1-13(2-4-14)17-11-21(9-10-23-17)18(22)12-24-16-7-5-15(20)6-8-16/h1-8,17H,9-12H2. The monoisotopic (exact) mass is 333 g/mol. The van der Waals surface area contributed by atoms with E-state index in [1.165, 1.54) is 36.4 Å². The Bertz CT molecular complexity index is 688. The number of benzene rings is 2. The Kier molecular flexibility index (Phi) is 5.05. The third-order valence-electron chi connectivity index (χ3n) is 3.84. The van der Waals surface area contributed by atoms with Gasteiger partial charge in [0.25, 0.3) is 5.91 Å². The van der Waals surface area contributed by atoms with Gasteiger partial charge in [0.2, 0.25) is 0 Å². The highest BCUT2D eigenvalue weighted by atomic mass is 19.1. The van der Waals surface area contributed by atoms with Crippen molar-refractivity contribution in [1.82, 2.24) is 4.90 Å². The summed E-state index contributed by atoms with van der Waals surface area (Å²) in [5.74, 6) is -0.401. The van der Waals surface area contributed by atoms with Gasteiger partial charge in [-0.2, -0.15) is 0 Å². The summed E-state index contributed by atoms with van der Waals surface area (Å²) in [6, 6.07) is 11.6. The lowest BCUT2D eigenvalue weighted by Gasteiger charge is -2.33. The average Bonchev–Trinajstić information content (AvgIpc) is 2.62. The molecular formula is C18H17F2NO3. The fourth-order valence-corrected chi connectivity index (χ4v) is 2.52. The number of hydrogen-bond acceptors (Lipinski definition) is 3. The van der Waals surface area contributed by atoms with Crippen LogP contribution in [0.1, 0.15) is 11.7 Å². The molecule has 2 aromatic rings. The van der Waals surface area contributed by atoms with Crippen LogP contribution >= 0.6 is 0 Å². The molecule has 1 aliphatic heterocycles. The van der Waals surface area contributed by atoms with Crippen LogP contribution in [0.5, 0.6) is 5.75 Å². The first-order valence-electron chi connectivity index (χ1n) is 7.65. The van der Waals surface area contributed by atoms with Crippen LogP contribution in [0.4, 0.5) is 8.78 Å². The minimum Gasteiger partial charge on any atom is -0.484 e. The number of rotatable bonds is 4. The second-order valence-corrected chi connectivity index (χ2v) is 5.49. The molecule has 0 bridgehead atoms. The van der Waals surface area contributed by atoms with E-state index in [0.29, 0.717) is 25.4 Å². The average molecular weight is 333 g/mol. The van der Waals surface area contributed by atoms with Gasteiger partial charge in [-0.3, -0.25) is 4.79 Å². The summed E-state index contributed by atoms with van der Waals surface area (Å²) < 4.78 is 36.9. The third kappa shape index (κ3) is 4.08. The van der Waals surface area contributed by atoms with Gasteiger partial charge in [0, 0.05) is 6.54 Å². The van der Waals surface area contributed by atoms with Crippen LogP contribution in [-0.2, 0) is 9.53 Å². The molecule has 6 heteroatoms. The molecule has 1 aliphatic rings. The predicted octanol–water partition coefficient (Wildman–Crippen LogP) is 2.94. The van der Waals surface area contributed by atoms with Crippen LogP contribution in [0.2, 0.25) is 0 Å². The molecule has 0 spiro atoms. The summed E-state index contributed by atoms with van der Waals surface area (Å²) in [4.78, 5) is 13.9. The Balaban J connectivity index is 1.56. The van der Waals surface area contributed by atoms with E-state index in [0.717, 1.165) is 5.56 Å². The van der Waals surface area contributed by atoms with Crippen molar-refractivity contribution in [1.29, 1.82) is 0 Å². The van der Waals surface area contributed by atoms with E-state index in [4.69, 9.17) is 9.47 Å². The predicted molar refractivity (Wildman–Crippen MR) is 83.6 cm³/mol. The van der Waals surface area contributed by atoms with Crippen molar-refractivity contribution in [3.05, 3.63) is 65.7 Å². The zero-order chi connectivity index (χ0) is 16.9. The lowest BCUT2D eigenvalue weighted by Crippen LogP contribution is -2.44. The van der Waals surface area contributed by atoms with Crippen LogP contribution in [0.25, 0.3) is 0 Å². The maximum Gasteiger partial charge on any atom is 0.260 e. The minimum absolute atomic E-state index is 0.123. The number of hydrogen-bond donors (Lipinski definition) is 0. The fraction of sp³-hybridized carbons (Fsp3) is 0.278. The van der Waals surface area contributed by atoms with Gasteiger partial charge >= 0.3 is 0 Å². The van der Waals surface area contributed by atoms with E-state index in [9.17, 15) is 13.6 Å². The largest absolute Gasteiger partial charge is 0.484 e. The second kappa shape index (κ2) is 7.40. The van der Waals surface area contributed by atoms with Crippen molar-refractivity contribution in [2.75, 3.05) is 26.3 Å². The molecule has 1 fully saturated rings. The van der Waals surface area contributed by atoms with E-state index < -0.39 is 0 Å². The van der Waals surface area contributed by atoms with E-state index in [1.807, 2.05) is 0 Å². The van der Waals surface area contributed by atoms with Gasteiger partial charge in [0.15, 0.2) is 6.61 Å². The molecule has 0 radical (unpaired) electrons. The smallest absolute Gasteiger partial charge is 0.260 e. The van der Waals surface area contributed by atoms with Crippen molar-refractivity contribution >= 4 is 5.91 Å². The molecule has 126 valence electrons. The Morgan fingerprint density at radius 2 is 1.71 bits per heavy atom. The van der Waals surface area contributed by atoms with Crippen LogP contribution < -0.4 is 4.74 Å². The van der Waals surface area contributed by atoms with Crippen LogP contribution in [0.3, 0.4) is 0 Å². The van der Waals surface area contributed by atoms with Crippen molar-refractivity contribution in [3.63, 3.8) is 0 Å². The van der Waals surface area contributed by atoms with Gasteiger partial charge in [-0.05, 0) is 42.0 Å². The number of carbonyl (C=O) groups is 1. The van der Waals surface area contributed by atoms with Gasteiger partial charge in [-0.15, -0.1) is 0 Å². The lowest BCUT2D eigenvalue weighted by molar-refractivity contribution is -0.141. The number of morpholine rings is 1. The Morgan fingerprint density at radius 3 is 2.38 bits per heavy atom. The maximum atomic E-state index is 13.0. The molecule has 1 amide bonds. The zero-order valence-corrected chi connectivity index (χ0v) is 13.0. The molecule has 0 aromatic heterocycles. The molecule has 1 saturated heterocycles. The SMILES string of the molecule is O=C(COc1ccc(F)cc1)N1CCOC(c2ccc(F)cc2)C1. The summed E-state index contributed by atoms with van der Waals surface area (Å²) in [6.45, 7) is 1.15. The lowest BCUT2D eigenvalue weighted by atomic mass is 10.1. The number of amides is 1. The molecule has 0 N–H and O–H groups in total. The van der Waals surface area contributed by atoms with Crippen molar-refractivity contribution in [2.45, 2.75) is 6.10 Å². The summed E-state index contributed by atoms with van der Waals surface area (Å²) in [7, 11) is 0.